The number of likely N-dealkylation sites (tertiary alicyclic amines) is 1. The van der Waals surface area contributed by atoms with Crippen LogP contribution in [0.2, 0.25) is 0 Å². The minimum Gasteiger partial charge on any atom is -0.338 e. The summed E-state index contributed by atoms with van der Waals surface area (Å²) in [6.07, 6.45) is -3.84. The maximum atomic E-state index is 12.9. The molecule has 1 saturated heterocycles. The van der Waals surface area contributed by atoms with E-state index >= 15 is 0 Å². The summed E-state index contributed by atoms with van der Waals surface area (Å²) in [6.45, 7) is 2.86. The van der Waals surface area contributed by atoms with E-state index in [0.29, 0.717) is 19.5 Å². The van der Waals surface area contributed by atoms with E-state index in [1.165, 1.54) is 12.1 Å². The van der Waals surface area contributed by atoms with E-state index in [-0.39, 0.29) is 27.2 Å². The highest BCUT2D eigenvalue weighted by Gasteiger charge is 2.34. The zero-order valence-corrected chi connectivity index (χ0v) is 13.6. The number of rotatable bonds is 1. The Morgan fingerprint density at radius 1 is 1.43 bits per heavy atom. The number of benzene rings is 1. The van der Waals surface area contributed by atoms with Crippen molar-refractivity contribution >= 4 is 33.4 Å². The van der Waals surface area contributed by atoms with Crippen molar-refractivity contribution in [2.75, 3.05) is 13.1 Å². The number of hydrogen-bond donors (Lipinski definition) is 0. The molecule has 7 heteroatoms. The molecule has 0 aliphatic carbocycles. The topological polar surface area (TPSA) is 20.3 Å². The van der Waals surface area contributed by atoms with Crippen LogP contribution in [0, 0.1) is 5.92 Å². The first-order valence-corrected chi connectivity index (χ1v) is 7.73. The first kappa shape index (κ1) is 16.6. The lowest BCUT2D eigenvalue weighted by molar-refractivity contribution is -0.138. The standard InChI is InChI=1S/C14H14BrClF3NO/c1-8-7-20(5-4-12(8)16)13(21)9-2-3-11(15)10(6-9)14(17,18)19/h2-3,6,8,12H,4-5,7H2,1H3. The van der Waals surface area contributed by atoms with Crippen LogP contribution < -0.4 is 0 Å². The molecule has 2 nitrogen and oxygen atoms in total. The van der Waals surface area contributed by atoms with Crippen LogP contribution in [0.1, 0.15) is 29.3 Å². The summed E-state index contributed by atoms with van der Waals surface area (Å²) < 4.78 is 38.6. The average molecular weight is 385 g/mol. The SMILES string of the molecule is CC1CN(C(=O)c2ccc(Br)c(C(F)(F)F)c2)CCC1Cl. The monoisotopic (exact) mass is 383 g/mol. The number of alkyl halides is 4. The van der Waals surface area contributed by atoms with Crippen molar-refractivity contribution in [3.63, 3.8) is 0 Å². The Balaban J connectivity index is 2.24. The van der Waals surface area contributed by atoms with Crippen molar-refractivity contribution in [1.82, 2.24) is 4.90 Å². The number of halogens is 5. The Morgan fingerprint density at radius 3 is 2.67 bits per heavy atom. The fourth-order valence-corrected chi connectivity index (χ4v) is 3.01. The van der Waals surface area contributed by atoms with Crippen molar-refractivity contribution in [1.29, 1.82) is 0 Å². The van der Waals surface area contributed by atoms with Crippen molar-refractivity contribution in [2.24, 2.45) is 5.92 Å². The van der Waals surface area contributed by atoms with Gasteiger partial charge in [-0.2, -0.15) is 13.2 Å². The molecule has 0 bridgehead atoms. The van der Waals surface area contributed by atoms with Gasteiger partial charge in [0.15, 0.2) is 0 Å². The predicted molar refractivity (Wildman–Crippen MR) is 78.5 cm³/mol. The molecule has 1 heterocycles. The molecular weight excluding hydrogens is 371 g/mol. The highest BCUT2D eigenvalue weighted by molar-refractivity contribution is 9.10. The second-order valence-electron chi connectivity index (χ2n) is 5.23. The molecule has 2 unspecified atom stereocenters. The van der Waals surface area contributed by atoms with Crippen molar-refractivity contribution in [2.45, 2.75) is 24.9 Å². The summed E-state index contributed by atoms with van der Waals surface area (Å²) in [5, 5.41) is 0.00436. The van der Waals surface area contributed by atoms with Crippen molar-refractivity contribution < 1.29 is 18.0 Å². The zero-order valence-electron chi connectivity index (χ0n) is 11.3. The van der Waals surface area contributed by atoms with E-state index in [1.54, 1.807) is 4.90 Å². The van der Waals surface area contributed by atoms with Crippen LogP contribution in [-0.4, -0.2) is 29.3 Å². The van der Waals surface area contributed by atoms with Gasteiger partial charge < -0.3 is 4.90 Å². The lowest BCUT2D eigenvalue weighted by atomic mass is 9.98. The molecule has 0 spiro atoms. The summed E-state index contributed by atoms with van der Waals surface area (Å²) in [6, 6.07) is 3.55. The molecule has 21 heavy (non-hydrogen) atoms. The van der Waals surface area contributed by atoms with Gasteiger partial charge in [-0.1, -0.05) is 22.9 Å². The molecule has 1 aliphatic rings. The lowest BCUT2D eigenvalue weighted by Gasteiger charge is -2.34. The van der Waals surface area contributed by atoms with Crippen LogP contribution in [0.25, 0.3) is 0 Å². The highest BCUT2D eigenvalue weighted by atomic mass is 79.9. The molecule has 1 aromatic carbocycles. The summed E-state index contributed by atoms with van der Waals surface area (Å²) in [5.74, 6) is -0.259. The van der Waals surface area contributed by atoms with E-state index in [1.807, 2.05) is 6.92 Å². The Bertz CT molecular complexity index is 550. The minimum atomic E-state index is -4.49. The third kappa shape index (κ3) is 3.72. The van der Waals surface area contributed by atoms with Crippen LogP contribution in [0.4, 0.5) is 13.2 Å². The van der Waals surface area contributed by atoms with E-state index in [9.17, 15) is 18.0 Å². The molecule has 116 valence electrons. The second-order valence-corrected chi connectivity index (χ2v) is 6.64. The fourth-order valence-electron chi connectivity index (χ4n) is 2.36. The number of piperidine rings is 1. The lowest BCUT2D eigenvalue weighted by Crippen LogP contribution is -2.43. The maximum absolute atomic E-state index is 12.9. The van der Waals surface area contributed by atoms with E-state index in [2.05, 4.69) is 15.9 Å². The average Bonchev–Trinajstić information content (AvgIpc) is 2.40. The summed E-state index contributed by atoms with van der Waals surface area (Å²) in [4.78, 5) is 13.9. The third-order valence-electron chi connectivity index (χ3n) is 3.61. The normalized spacial score (nSPS) is 23.2. The molecule has 0 N–H and O–H groups in total. The Kier molecular flexibility index (Phi) is 4.88. The molecule has 1 aliphatic heterocycles. The van der Waals surface area contributed by atoms with Gasteiger partial charge in [0.2, 0.25) is 0 Å². The fraction of sp³-hybridized carbons (Fsp3) is 0.500. The third-order valence-corrected chi connectivity index (χ3v) is 4.95. The first-order valence-electron chi connectivity index (χ1n) is 6.50. The van der Waals surface area contributed by atoms with E-state index < -0.39 is 11.7 Å². The van der Waals surface area contributed by atoms with Gasteiger partial charge in [-0.25, -0.2) is 0 Å². The number of amides is 1. The smallest absolute Gasteiger partial charge is 0.338 e. The number of hydrogen-bond acceptors (Lipinski definition) is 1. The molecular formula is C14H14BrClF3NO. The van der Waals surface area contributed by atoms with Gasteiger partial charge in [-0.3, -0.25) is 4.79 Å². The summed E-state index contributed by atoms with van der Waals surface area (Å²) in [5.41, 5.74) is -0.792. The number of carbonyl (C=O) groups is 1. The molecule has 0 saturated carbocycles. The Hall–Kier alpha value is -0.750. The molecule has 1 fully saturated rings. The molecule has 1 aromatic rings. The number of nitrogens with zero attached hydrogens (tertiary/aromatic N) is 1. The Morgan fingerprint density at radius 2 is 2.10 bits per heavy atom. The van der Waals surface area contributed by atoms with Gasteiger partial charge in [-0.15, -0.1) is 11.6 Å². The summed E-state index contributed by atoms with van der Waals surface area (Å²) in [7, 11) is 0. The van der Waals surface area contributed by atoms with E-state index in [4.69, 9.17) is 11.6 Å². The Labute approximate surface area is 134 Å². The van der Waals surface area contributed by atoms with E-state index in [0.717, 1.165) is 6.07 Å². The first-order chi connectivity index (χ1) is 9.70. The predicted octanol–water partition coefficient (Wildman–Crippen LogP) is 4.56. The molecule has 1 amide bonds. The van der Waals surface area contributed by atoms with Crippen LogP contribution in [-0.2, 0) is 6.18 Å². The zero-order chi connectivity index (χ0) is 15.8. The highest BCUT2D eigenvalue weighted by Crippen LogP contribution is 2.35. The van der Waals surface area contributed by atoms with Crippen LogP contribution in [0.15, 0.2) is 22.7 Å². The quantitative estimate of drug-likeness (QED) is 0.650. The van der Waals surface area contributed by atoms with Crippen LogP contribution in [0.5, 0.6) is 0 Å². The van der Waals surface area contributed by atoms with Gasteiger partial charge in [0, 0.05) is 28.5 Å². The van der Waals surface area contributed by atoms with Gasteiger partial charge in [0.05, 0.1) is 5.56 Å². The van der Waals surface area contributed by atoms with Gasteiger partial charge in [0.1, 0.15) is 0 Å². The summed E-state index contributed by atoms with van der Waals surface area (Å²) >= 11 is 8.96. The van der Waals surface area contributed by atoms with Crippen LogP contribution in [0.3, 0.4) is 0 Å². The molecule has 0 aromatic heterocycles. The van der Waals surface area contributed by atoms with Crippen LogP contribution >= 0.6 is 27.5 Å². The molecule has 2 rings (SSSR count). The largest absolute Gasteiger partial charge is 0.417 e. The maximum Gasteiger partial charge on any atom is 0.417 e. The minimum absolute atomic E-state index is 0.00436. The van der Waals surface area contributed by atoms with Gasteiger partial charge in [0.25, 0.3) is 5.91 Å². The van der Waals surface area contributed by atoms with Crippen molar-refractivity contribution in [3.8, 4) is 0 Å². The van der Waals surface area contributed by atoms with Gasteiger partial charge >= 0.3 is 6.18 Å². The van der Waals surface area contributed by atoms with Crippen molar-refractivity contribution in [3.05, 3.63) is 33.8 Å². The second kappa shape index (κ2) is 6.16. The molecule has 2 atom stereocenters. The number of carbonyl (C=O) groups excluding carboxylic acids is 1. The molecule has 0 radical (unpaired) electrons. The van der Waals surface area contributed by atoms with Gasteiger partial charge in [-0.05, 0) is 30.5 Å².